The van der Waals surface area contributed by atoms with Crippen molar-refractivity contribution in [3.8, 4) is 0 Å². The molecular weight excluding hydrogens is 216 g/mol. The van der Waals surface area contributed by atoms with Gasteiger partial charge in [-0.05, 0) is 19.0 Å². The van der Waals surface area contributed by atoms with Crippen molar-refractivity contribution in [1.29, 1.82) is 0 Å². The second-order valence-corrected chi connectivity index (χ2v) is 17.7. The maximum absolute atomic E-state index is 6.30. The molecule has 0 unspecified atom stereocenters. The van der Waals surface area contributed by atoms with E-state index >= 15 is 0 Å². The van der Waals surface area contributed by atoms with E-state index < -0.39 is 15.4 Å². The van der Waals surface area contributed by atoms with Crippen LogP contribution in [0.25, 0.3) is 0 Å². The largest absolute Gasteiger partial charge is 0.419 e. The van der Waals surface area contributed by atoms with Gasteiger partial charge in [-0.15, -0.1) is 12.3 Å². The highest BCUT2D eigenvalue weighted by molar-refractivity contribution is 7.42. The molecule has 0 aromatic rings. The minimum absolute atomic E-state index is 0.885. The number of hydrogen-bond acceptors (Lipinski definition) is 1. The highest BCUT2D eigenvalue weighted by atomic mass is 29.3. The minimum atomic E-state index is -1.50. The van der Waals surface area contributed by atoms with Gasteiger partial charge in [0, 0.05) is 6.61 Å². The zero-order chi connectivity index (χ0) is 11.9. The molecule has 3 heteroatoms. The molecule has 0 saturated heterocycles. The van der Waals surface area contributed by atoms with Gasteiger partial charge >= 0.3 is 0 Å². The molecule has 0 aromatic carbocycles. The molecule has 90 valence electrons. The van der Waals surface area contributed by atoms with Crippen LogP contribution in [0, 0.1) is 0 Å². The fourth-order valence-electron chi connectivity index (χ4n) is 2.95. The first-order valence-electron chi connectivity index (χ1n) is 6.39. The summed E-state index contributed by atoms with van der Waals surface area (Å²) in [5.74, 6) is 0. The number of hydrogen-bond donors (Lipinski definition) is 0. The van der Waals surface area contributed by atoms with Gasteiger partial charge in [0.15, 0.2) is 7.83 Å². The molecule has 0 N–H and O–H groups in total. The molecule has 0 saturated carbocycles. The van der Waals surface area contributed by atoms with Crippen molar-refractivity contribution in [1.82, 2.24) is 0 Å². The number of rotatable bonds is 8. The van der Waals surface area contributed by atoms with Crippen LogP contribution in [-0.4, -0.2) is 22.0 Å². The predicted molar refractivity (Wildman–Crippen MR) is 75.3 cm³/mol. The summed E-state index contributed by atoms with van der Waals surface area (Å²) in [6.07, 6.45) is 0. The highest BCUT2D eigenvalue weighted by Gasteiger charge is 2.50. The minimum Gasteiger partial charge on any atom is -0.419 e. The third-order valence-corrected chi connectivity index (χ3v) is 23.1. The van der Waals surface area contributed by atoms with Gasteiger partial charge in [0.25, 0.3) is 0 Å². The molecule has 0 fully saturated rings. The Morgan fingerprint density at radius 2 is 1.40 bits per heavy atom. The first-order chi connectivity index (χ1) is 7.11. The predicted octanol–water partition coefficient (Wildman–Crippen LogP) is 4.30. The summed E-state index contributed by atoms with van der Waals surface area (Å²) < 4.78 is 6.30. The van der Waals surface area contributed by atoms with Crippen LogP contribution in [0.15, 0.2) is 12.3 Å². The zero-order valence-electron chi connectivity index (χ0n) is 11.2. The molecule has 0 radical (unpaired) electrons. The molecule has 0 aromatic heterocycles. The van der Waals surface area contributed by atoms with Crippen molar-refractivity contribution in [2.45, 2.75) is 58.8 Å². The van der Waals surface area contributed by atoms with Crippen molar-refractivity contribution >= 4 is 15.4 Å². The fourth-order valence-corrected chi connectivity index (χ4v) is 19.3. The van der Waals surface area contributed by atoms with E-state index in [-0.39, 0.29) is 0 Å². The summed E-state index contributed by atoms with van der Waals surface area (Å²) in [6.45, 7) is 16.5. The summed E-state index contributed by atoms with van der Waals surface area (Å²) in [5.41, 5.74) is 2.32. The third-order valence-electron chi connectivity index (χ3n) is 4.12. The average molecular weight is 245 g/mol. The zero-order valence-corrected chi connectivity index (χ0v) is 13.2. The quantitative estimate of drug-likeness (QED) is 0.579. The molecule has 1 nitrogen and oxygen atoms in total. The van der Waals surface area contributed by atoms with E-state index in [1.807, 2.05) is 0 Å². The Bertz CT molecular complexity index is 184. The normalized spacial score (nSPS) is 12.9. The highest BCUT2D eigenvalue weighted by Crippen LogP contribution is 2.34. The molecule has 0 rings (SSSR count). The van der Waals surface area contributed by atoms with Gasteiger partial charge in [0.05, 0.1) is 0 Å². The lowest BCUT2D eigenvalue weighted by Crippen LogP contribution is -2.62. The van der Waals surface area contributed by atoms with E-state index in [4.69, 9.17) is 4.43 Å². The van der Waals surface area contributed by atoms with Crippen molar-refractivity contribution in [2.24, 2.45) is 0 Å². The van der Waals surface area contributed by atoms with Gasteiger partial charge in [-0.3, -0.25) is 0 Å². The summed E-state index contributed by atoms with van der Waals surface area (Å²) in [6, 6.07) is 5.14. The van der Waals surface area contributed by atoms with Crippen LogP contribution in [0.4, 0.5) is 0 Å². The second-order valence-electron chi connectivity index (χ2n) is 4.20. The lowest BCUT2D eigenvalue weighted by molar-refractivity contribution is 0.333. The van der Waals surface area contributed by atoms with Crippen LogP contribution in [-0.2, 0) is 4.43 Å². The Labute approximate surface area is 97.9 Å². The van der Waals surface area contributed by atoms with E-state index in [0.717, 1.165) is 6.61 Å². The maximum Gasteiger partial charge on any atom is 0.184 e. The van der Waals surface area contributed by atoms with E-state index in [2.05, 4.69) is 46.9 Å². The Balaban J connectivity index is 5.22. The van der Waals surface area contributed by atoms with Gasteiger partial charge in [-0.25, -0.2) is 0 Å². The topological polar surface area (TPSA) is 9.23 Å². The van der Waals surface area contributed by atoms with Crippen LogP contribution >= 0.6 is 0 Å². The fraction of sp³-hybridized carbons (Fsp3) is 0.833. The van der Waals surface area contributed by atoms with Crippen LogP contribution in [0.2, 0.25) is 24.2 Å². The van der Waals surface area contributed by atoms with Gasteiger partial charge in [0.2, 0.25) is 0 Å². The molecule has 0 spiro atoms. The van der Waals surface area contributed by atoms with E-state index in [1.165, 1.54) is 24.2 Å². The molecule has 15 heavy (non-hydrogen) atoms. The van der Waals surface area contributed by atoms with Gasteiger partial charge in [-0.1, -0.05) is 39.8 Å². The first-order valence-corrected chi connectivity index (χ1v) is 12.2. The van der Waals surface area contributed by atoms with Gasteiger partial charge in [0.1, 0.15) is 7.59 Å². The van der Waals surface area contributed by atoms with Crippen LogP contribution < -0.4 is 0 Å². The van der Waals surface area contributed by atoms with E-state index in [9.17, 15) is 0 Å². The summed E-state index contributed by atoms with van der Waals surface area (Å²) in [5, 5.41) is 0. The Kier molecular flexibility index (Phi) is 6.72. The average Bonchev–Trinajstić information content (AvgIpc) is 2.30. The second kappa shape index (κ2) is 6.66. The van der Waals surface area contributed by atoms with Gasteiger partial charge in [-0.2, -0.15) is 0 Å². The Hall–Kier alpha value is 0.134. The molecule has 0 aliphatic carbocycles. The van der Waals surface area contributed by atoms with Crippen molar-refractivity contribution in [3.63, 3.8) is 0 Å². The summed E-state index contributed by atoms with van der Waals surface area (Å²) >= 11 is 0. The van der Waals surface area contributed by atoms with Crippen LogP contribution in [0.5, 0.6) is 0 Å². The third kappa shape index (κ3) is 2.63. The maximum atomic E-state index is 6.30. The standard InChI is InChI=1S/C12H28OSi2/c1-7-13-15(11-5,12-6)14(8-2,9-3)10-4/h8H,2,7,9-12H2,1,3-6H3. The molecule has 0 aliphatic rings. The van der Waals surface area contributed by atoms with E-state index in [0.29, 0.717) is 0 Å². The molecular formula is C12H28OSi2. The summed E-state index contributed by atoms with van der Waals surface area (Å²) in [4.78, 5) is 0. The van der Waals surface area contributed by atoms with Crippen LogP contribution in [0.3, 0.4) is 0 Å². The molecule has 0 atom stereocenters. The molecule has 0 heterocycles. The molecule has 0 aliphatic heterocycles. The Morgan fingerprint density at radius 3 is 1.60 bits per heavy atom. The first kappa shape index (κ1) is 15.1. The summed E-state index contributed by atoms with van der Waals surface area (Å²) in [7, 11) is -2.84. The monoisotopic (exact) mass is 244 g/mol. The lowest BCUT2D eigenvalue weighted by atomic mass is 10.9. The molecule has 0 bridgehead atoms. The molecule has 0 amide bonds. The van der Waals surface area contributed by atoms with E-state index in [1.54, 1.807) is 0 Å². The van der Waals surface area contributed by atoms with Crippen molar-refractivity contribution in [2.75, 3.05) is 6.61 Å². The SMILES string of the molecule is C=C[Si](CC)(CC)[Si](CC)(CC)OCC. The van der Waals surface area contributed by atoms with Crippen molar-refractivity contribution < 1.29 is 4.43 Å². The van der Waals surface area contributed by atoms with Crippen LogP contribution in [0.1, 0.15) is 34.6 Å². The smallest absolute Gasteiger partial charge is 0.184 e. The van der Waals surface area contributed by atoms with Gasteiger partial charge < -0.3 is 4.43 Å². The Morgan fingerprint density at radius 1 is 0.933 bits per heavy atom. The van der Waals surface area contributed by atoms with Crippen molar-refractivity contribution in [3.05, 3.63) is 12.3 Å². The lowest BCUT2D eigenvalue weighted by Gasteiger charge is -2.44.